The van der Waals surface area contributed by atoms with E-state index in [1.807, 2.05) is 71.5 Å². The van der Waals surface area contributed by atoms with Gasteiger partial charge < -0.3 is 14.7 Å². The minimum absolute atomic E-state index is 0.453. The van der Waals surface area contributed by atoms with E-state index in [4.69, 9.17) is 0 Å². The van der Waals surface area contributed by atoms with Gasteiger partial charge >= 0.3 is 0 Å². The van der Waals surface area contributed by atoms with Gasteiger partial charge in [-0.3, -0.25) is 9.59 Å². The monoisotopic (exact) mass is 413 g/mol. The maximum Gasteiger partial charge on any atom is 0.235 e. The minimum atomic E-state index is -0.481. The molecule has 5 nitrogen and oxygen atoms in total. The summed E-state index contributed by atoms with van der Waals surface area (Å²) in [4.78, 5) is 31.7. The fourth-order valence-electron chi connectivity index (χ4n) is 4.35. The van der Waals surface area contributed by atoms with E-state index >= 15 is 0 Å². The topological polar surface area (TPSA) is 43.9 Å². The average molecular weight is 414 g/mol. The van der Waals surface area contributed by atoms with Crippen LogP contribution in [0.1, 0.15) is 21.5 Å². The maximum atomic E-state index is 12.8. The van der Waals surface area contributed by atoms with Crippen molar-refractivity contribution in [2.75, 3.05) is 57.0 Å². The third kappa shape index (κ3) is 3.26. The Bertz CT molecular complexity index is 1240. The molecule has 0 atom stereocenters. The van der Waals surface area contributed by atoms with E-state index in [-0.39, 0.29) is 0 Å². The smallest absolute Gasteiger partial charge is 0.235 e. The summed E-state index contributed by atoms with van der Waals surface area (Å²) >= 11 is 0. The summed E-state index contributed by atoms with van der Waals surface area (Å²) in [5.41, 5.74) is 5.96. The molecule has 0 bridgehead atoms. The highest BCUT2D eigenvalue weighted by atomic mass is 16.2. The van der Waals surface area contributed by atoms with Gasteiger partial charge in [-0.05, 0) is 46.4 Å². The standard InChI is InChI=1S/C26H27N3O2/c1-27(2)20-11-7-9-17-16(13-14-22(24(17)20)29(5)6)19-15-23(30)26(31)25-18(19)10-8-12-21(25)28(3)4/h7-15H,1-6H3. The number of nitrogens with zero attached hydrogens (tertiary/aromatic N) is 3. The van der Waals surface area contributed by atoms with Crippen LogP contribution in [0.4, 0.5) is 17.1 Å². The van der Waals surface area contributed by atoms with Crippen molar-refractivity contribution in [2.45, 2.75) is 0 Å². The van der Waals surface area contributed by atoms with Gasteiger partial charge in [-0.2, -0.15) is 0 Å². The molecule has 0 saturated carbocycles. The summed E-state index contributed by atoms with van der Waals surface area (Å²) in [5, 5.41) is 2.16. The highest BCUT2D eigenvalue weighted by Crippen LogP contribution is 2.42. The Balaban J connectivity index is 2.08. The lowest BCUT2D eigenvalue weighted by Gasteiger charge is -2.26. The van der Waals surface area contributed by atoms with E-state index in [0.29, 0.717) is 5.56 Å². The Morgan fingerprint density at radius 2 is 1.19 bits per heavy atom. The summed E-state index contributed by atoms with van der Waals surface area (Å²) < 4.78 is 0. The van der Waals surface area contributed by atoms with Crippen LogP contribution in [0.15, 0.2) is 54.6 Å². The number of anilines is 3. The molecule has 0 radical (unpaired) electrons. The zero-order valence-electron chi connectivity index (χ0n) is 18.9. The van der Waals surface area contributed by atoms with Gasteiger partial charge in [-0.15, -0.1) is 0 Å². The second-order valence-corrected chi connectivity index (χ2v) is 8.47. The number of allylic oxidation sites excluding steroid dienone is 1. The Labute approximate surface area is 183 Å². The van der Waals surface area contributed by atoms with Crippen molar-refractivity contribution >= 4 is 45.0 Å². The fourth-order valence-corrected chi connectivity index (χ4v) is 4.35. The molecule has 3 aromatic rings. The van der Waals surface area contributed by atoms with Gasteiger partial charge in [0.05, 0.1) is 5.56 Å². The summed E-state index contributed by atoms with van der Waals surface area (Å²) in [6.07, 6.45) is 1.50. The van der Waals surface area contributed by atoms with Gasteiger partial charge in [-0.25, -0.2) is 0 Å². The van der Waals surface area contributed by atoms with Crippen molar-refractivity contribution in [3.8, 4) is 0 Å². The van der Waals surface area contributed by atoms with E-state index < -0.39 is 11.6 Å². The van der Waals surface area contributed by atoms with Gasteiger partial charge in [0.25, 0.3) is 0 Å². The maximum absolute atomic E-state index is 12.8. The molecule has 0 N–H and O–H groups in total. The van der Waals surface area contributed by atoms with Crippen LogP contribution in [-0.4, -0.2) is 53.9 Å². The molecule has 0 amide bonds. The minimum Gasteiger partial charge on any atom is -0.377 e. The molecule has 0 aromatic heterocycles. The summed E-state index contributed by atoms with van der Waals surface area (Å²) in [6, 6.07) is 16.1. The second kappa shape index (κ2) is 7.58. The number of benzene rings is 3. The molecule has 4 rings (SSSR count). The first-order chi connectivity index (χ1) is 14.7. The predicted octanol–water partition coefficient (Wildman–Crippen LogP) is 4.23. The fraction of sp³-hybridized carbons (Fsp3) is 0.231. The van der Waals surface area contributed by atoms with Crippen LogP contribution in [0.3, 0.4) is 0 Å². The molecule has 0 aliphatic heterocycles. The molecular formula is C26H27N3O2. The lowest BCUT2D eigenvalue weighted by molar-refractivity contribution is -0.110. The Hall–Kier alpha value is -3.60. The highest BCUT2D eigenvalue weighted by Gasteiger charge is 2.30. The molecule has 158 valence electrons. The number of rotatable bonds is 4. The van der Waals surface area contributed by atoms with Crippen LogP contribution in [0.5, 0.6) is 0 Å². The zero-order valence-corrected chi connectivity index (χ0v) is 18.9. The molecule has 3 aromatic carbocycles. The van der Waals surface area contributed by atoms with Gasteiger partial charge in [0.15, 0.2) is 0 Å². The molecule has 0 unspecified atom stereocenters. The average Bonchev–Trinajstić information content (AvgIpc) is 2.74. The van der Waals surface area contributed by atoms with Gasteiger partial charge in [0.1, 0.15) is 0 Å². The quantitative estimate of drug-likeness (QED) is 0.599. The van der Waals surface area contributed by atoms with Crippen molar-refractivity contribution in [1.29, 1.82) is 0 Å². The van der Waals surface area contributed by atoms with Crippen LogP contribution < -0.4 is 14.7 Å². The molecular weight excluding hydrogens is 386 g/mol. The van der Waals surface area contributed by atoms with Crippen LogP contribution in [0.2, 0.25) is 0 Å². The molecule has 1 aliphatic carbocycles. The number of carbonyl (C=O) groups excluding carboxylic acids is 2. The predicted molar refractivity (Wildman–Crippen MR) is 130 cm³/mol. The van der Waals surface area contributed by atoms with Gasteiger partial charge in [-0.1, -0.05) is 30.3 Å². The number of ketones is 2. The first-order valence-corrected chi connectivity index (χ1v) is 10.2. The highest BCUT2D eigenvalue weighted by molar-refractivity contribution is 6.52. The zero-order chi connectivity index (χ0) is 22.4. The third-order valence-corrected chi connectivity index (χ3v) is 5.79. The molecule has 0 heterocycles. The third-order valence-electron chi connectivity index (χ3n) is 5.79. The van der Waals surface area contributed by atoms with E-state index in [1.165, 1.54) is 6.08 Å². The first-order valence-electron chi connectivity index (χ1n) is 10.2. The molecule has 1 aliphatic rings. The Morgan fingerprint density at radius 3 is 1.84 bits per heavy atom. The van der Waals surface area contributed by atoms with Crippen LogP contribution in [0.25, 0.3) is 16.3 Å². The molecule has 31 heavy (non-hydrogen) atoms. The van der Waals surface area contributed by atoms with Crippen LogP contribution in [0, 0.1) is 0 Å². The van der Waals surface area contributed by atoms with Gasteiger partial charge in [0, 0.05) is 64.7 Å². The Morgan fingerprint density at radius 1 is 0.613 bits per heavy atom. The molecule has 5 heteroatoms. The van der Waals surface area contributed by atoms with Crippen molar-refractivity contribution in [3.63, 3.8) is 0 Å². The summed E-state index contributed by atoms with van der Waals surface area (Å²) in [6.45, 7) is 0. The van der Waals surface area contributed by atoms with Gasteiger partial charge in [0.2, 0.25) is 11.6 Å². The van der Waals surface area contributed by atoms with Crippen molar-refractivity contribution in [2.24, 2.45) is 0 Å². The lowest BCUT2D eigenvalue weighted by Crippen LogP contribution is -2.23. The van der Waals surface area contributed by atoms with Crippen LogP contribution in [-0.2, 0) is 4.79 Å². The number of hydrogen-bond acceptors (Lipinski definition) is 5. The first kappa shape index (κ1) is 20.7. The second-order valence-electron chi connectivity index (χ2n) is 8.47. The molecule has 0 fully saturated rings. The summed E-state index contributed by atoms with van der Waals surface area (Å²) in [5.74, 6) is -0.934. The number of Topliss-reactive ketones (excluding diaryl/α,β-unsaturated/α-hetero) is 1. The van der Waals surface area contributed by atoms with E-state index in [2.05, 4.69) is 34.1 Å². The largest absolute Gasteiger partial charge is 0.377 e. The lowest BCUT2D eigenvalue weighted by atomic mass is 9.82. The van der Waals surface area contributed by atoms with Crippen molar-refractivity contribution in [3.05, 3.63) is 71.3 Å². The van der Waals surface area contributed by atoms with Crippen LogP contribution >= 0.6 is 0 Å². The van der Waals surface area contributed by atoms with Crippen molar-refractivity contribution in [1.82, 2.24) is 0 Å². The SMILES string of the molecule is CN(C)c1cccc2c1C(=O)C(=O)C=C2c1ccc(N(C)C)c2c(N(C)C)cccc12. The summed E-state index contributed by atoms with van der Waals surface area (Å²) in [7, 11) is 11.9. The molecule has 0 spiro atoms. The molecule has 0 saturated heterocycles. The van der Waals surface area contributed by atoms with E-state index in [1.54, 1.807) is 0 Å². The van der Waals surface area contributed by atoms with E-state index in [0.717, 1.165) is 44.5 Å². The normalized spacial score (nSPS) is 13.2. The van der Waals surface area contributed by atoms with Crippen molar-refractivity contribution < 1.29 is 9.59 Å². The van der Waals surface area contributed by atoms with E-state index in [9.17, 15) is 9.59 Å². The number of hydrogen-bond donors (Lipinski definition) is 0. The number of fused-ring (bicyclic) bond motifs is 2. The Kier molecular flexibility index (Phi) is 5.05. The number of carbonyl (C=O) groups is 2.